The fraction of sp³-hybridized carbons (Fsp3) is 0.883. The third-order valence-electron chi connectivity index (χ3n) is 14.2. The molecule has 9 heteroatoms. The van der Waals surface area contributed by atoms with Crippen LogP contribution in [-0.4, -0.2) is 87.5 Å². The predicted molar refractivity (Wildman–Crippen MR) is 290 cm³/mol. The van der Waals surface area contributed by atoms with Crippen molar-refractivity contribution in [3.63, 3.8) is 0 Å². The number of aliphatic hydroxyl groups excluding tert-OH is 5. The van der Waals surface area contributed by atoms with Gasteiger partial charge in [0.1, 0.15) is 24.4 Å². The highest BCUT2D eigenvalue weighted by Crippen LogP contribution is 2.23. The Kier molecular flexibility index (Phi) is 47.4. The van der Waals surface area contributed by atoms with E-state index in [1.165, 1.54) is 225 Å². The first kappa shape index (κ1) is 65.4. The lowest BCUT2D eigenvalue weighted by Gasteiger charge is -2.40. The SMILES string of the molecule is CCCCC/C=C/CC/C=C/C(O)C(COC1OC(CO)C(O)C(O)C1O)NC(=O)CCCCCCCCCCCCCCCCCCC/C=C\CCCCCCCCCCCCCCCCCC. The maximum Gasteiger partial charge on any atom is 0.220 e. The number of rotatable bonds is 51. The van der Waals surface area contributed by atoms with Crippen LogP contribution in [0.2, 0.25) is 0 Å². The van der Waals surface area contributed by atoms with Gasteiger partial charge in [-0.05, 0) is 57.8 Å². The third-order valence-corrected chi connectivity index (χ3v) is 14.2. The van der Waals surface area contributed by atoms with Crippen LogP contribution in [0.5, 0.6) is 0 Å². The second-order valence-corrected chi connectivity index (χ2v) is 20.8. The lowest BCUT2D eigenvalue weighted by Crippen LogP contribution is -2.60. The third kappa shape index (κ3) is 39.6. The first-order chi connectivity index (χ1) is 33.8. The summed E-state index contributed by atoms with van der Waals surface area (Å²) < 4.78 is 11.2. The van der Waals surface area contributed by atoms with Crippen LogP contribution in [0.25, 0.3) is 0 Å². The van der Waals surface area contributed by atoms with Crippen molar-refractivity contribution in [2.45, 2.75) is 326 Å². The van der Waals surface area contributed by atoms with Gasteiger partial charge in [-0.2, -0.15) is 0 Å². The number of hydrogen-bond acceptors (Lipinski definition) is 8. The van der Waals surface area contributed by atoms with Gasteiger partial charge in [0.05, 0.1) is 25.4 Å². The molecule has 0 aliphatic carbocycles. The van der Waals surface area contributed by atoms with Crippen LogP contribution >= 0.6 is 0 Å². The van der Waals surface area contributed by atoms with Gasteiger partial charge < -0.3 is 40.3 Å². The van der Waals surface area contributed by atoms with E-state index in [1.807, 2.05) is 6.08 Å². The Balaban J connectivity index is 2.01. The summed E-state index contributed by atoms with van der Waals surface area (Å²) in [4.78, 5) is 13.0. The lowest BCUT2D eigenvalue weighted by molar-refractivity contribution is -0.302. The summed E-state index contributed by atoms with van der Waals surface area (Å²) in [7, 11) is 0. The zero-order valence-corrected chi connectivity index (χ0v) is 45.1. The van der Waals surface area contributed by atoms with Gasteiger partial charge in [-0.15, -0.1) is 0 Å². The largest absolute Gasteiger partial charge is 0.394 e. The molecule has 0 bridgehead atoms. The second-order valence-electron chi connectivity index (χ2n) is 20.8. The van der Waals surface area contributed by atoms with E-state index in [0.717, 1.165) is 38.5 Å². The van der Waals surface area contributed by atoms with Crippen LogP contribution in [0.1, 0.15) is 284 Å². The van der Waals surface area contributed by atoms with Gasteiger partial charge in [-0.25, -0.2) is 0 Å². The molecule has 7 unspecified atom stereocenters. The van der Waals surface area contributed by atoms with E-state index in [2.05, 4.69) is 43.5 Å². The summed E-state index contributed by atoms with van der Waals surface area (Å²) >= 11 is 0. The number of unbranched alkanes of at least 4 members (excludes halogenated alkanes) is 37. The molecule has 1 aliphatic rings. The van der Waals surface area contributed by atoms with Crippen molar-refractivity contribution in [1.82, 2.24) is 5.32 Å². The normalized spacial score (nSPS) is 19.7. The number of aliphatic hydroxyl groups is 5. The zero-order chi connectivity index (χ0) is 50.1. The zero-order valence-electron chi connectivity index (χ0n) is 45.1. The molecule has 7 atom stereocenters. The quantitative estimate of drug-likeness (QED) is 0.0261. The summed E-state index contributed by atoms with van der Waals surface area (Å²) in [5.74, 6) is -0.186. The van der Waals surface area contributed by atoms with Crippen LogP contribution in [0.15, 0.2) is 36.5 Å². The van der Waals surface area contributed by atoms with E-state index in [-0.39, 0.29) is 12.5 Å². The number of nitrogens with one attached hydrogen (secondary N) is 1. The summed E-state index contributed by atoms with van der Waals surface area (Å²) in [6.45, 7) is 3.72. The van der Waals surface area contributed by atoms with Crippen LogP contribution in [0.4, 0.5) is 0 Å². The topological polar surface area (TPSA) is 149 Å². The molecular formula is C60H113NO8. The van der Waals surface area contributed by atoms with Crippen molar-refractivity contribution >= 4 is 5.91 Å². The fourth-order valence-electron chi connectivity index (χ4n) is 9.46. The van der Waals surface area contributed by atoms with Crippen LogP contribution in [0, 0.1) is 0 Å². The Morgan fingerprint density at radius 2 is 0.826 bits per heavy atom. The van der Waals surface area contributed by atoms with E-state index in [1.54, 1.807) is 6.08 Å². The molecule has 69 heavy (non-hydrogen) atoms. The molecule has 0 spiro atoms. The predicted octanol–water partition coefficient (Wildman–Crippen LogP) is 14.7. The molecular weight excluding hydrogens is 863 g/mol. The van der Waals surface area contributed by atoms with E-state index >= 15 is 0 Å². The van der Waals surface area contributed by atoms with Gasteiger partial charge in [0, 0.05) is 6.42 Å². The lowest BCUT2D eigenvalue weighted by atomic mass is 9.99. The number of carbonyl (C=O) groups excluding carboxylic acids is 1. The highest BCUT2D eigenvalue weighted by atomic mass is 16.7. The molecule has 406 valence electrons. The van der Waals surface area contributed by atoms with Crippen molar-refractivity contribution in [2.75, 3.05) is 13.2 Å². The molecule has 0 aromatic carbocycles. The van der Waals surface area contributed by atoms with Crippen LogP contribution in [0.3, 0.4) is 0 Å². The van der Waals surface area contributed by atoms with Gasteiger partial charge >= 0.3 is 0 Å². The van der Waals surface area contributed by atoms with E-state index in [4.69, 9.17) is 9.47 Å². The fourth-order valence-corrected chi connectivity index (χ4v) is 9.46. The Hall–Kier alpha value is -1.59. The number of amides is 1. The average Bonchev–Trinajstić information content (AvgIpc) is 3.35. The molecule has 0 radical (unpaired) electrons. The van der Waals surface area contributed by atoms with Crippen molar-refractivity contribution in [3.05, 3.63) is 36.5 Å². The minimum Gasteiger partial charge on any atom is -0.394 e. The van der Waals surface area contributed by atoms with Crippen LogP contribution < -0.4 is 5.32 Å². The molecule has 6 N–H and O–H groups in total. The van der Waals surface area contributed by atoms with Gasteiger partial charge in [0.25, 0.3) is 0 Å². The average molecular weight is 977 g/mol. The molecule has 1 amide bonds. The van der Waals surface area contributed by atoms with Crippen molar-refractivity contribution in [2.24, 2.45) is 0 Å². The first-order valence-corrected chi connectivity index (χ1v) is 29.7. The smallest absolute Gasteiger partial charge is 0.220 e. The molecule has 1 fully saturated rings. The number of allylic oxidation sites excluding steroid dienone is 5. The van der Waals surface area contributed by atoms with E-state index in [9.17, 15) is 30.3 Å². The standard InChI is InChI=1S/C60H113NO8/c1-3-5-7-9-11-13-14-15-16-17-18-19-20-21-22-23-24-25-26-27-28-29-30-31-32-33-34-35-36-37-38-39-40-42-44-46-48-50-56(64)61-53(54(63)49-47-45-43-41-12-10-8-6-4-2)52-68-60-59(67)58(66)57(65)55(51-62)69-60/h12,25-26,41,47,49,53-55,57-60,62-63,65-67H,3-11,13-24,27-40,42-46,48,50-52H2,1-2H3,(H,61,64)/b26-25-,41-12+,49-47+. The number of hydrogen-bond donors (Lipinski definition) is 6. The Morgan fingerprint density at radius 3 is 1.25 bits per heavy atom. The Bertz CT molecular complexity index is 1180. The maximum atomic E-state index is 13.0. The summed E-state index contributed by atoms with van der Waals surface area (Å²) in [6, 6.07) is -0.818. The monoisotopic (exact) mass is 976 g/mol. The van der Waals surface area contributed by atoms with Gasteiger partial charge in [0.2, 0.25) is 5.91 Å². The molecule has 0 aromatic rings. The van der Waals surface area contributed by atoms with E-state index in [0.29, 0.717) is 6.42 Å². The van der Waals surface area contributed by atoms with Gasteiger partial charge in [-0.1, -0.05) is 256 Å². The number of carbonyl (C=O) groups is 1. The molecule has 9 nitrogen and oxygen atoms in total. The number of ether oxygens (including phenoxy) is 2. The highest BCUT2D eigenvalue weighted by Gasteiger charge is 2.44. The molecule has 0 saturated carbocycles. The van der Waals surface area contributed by atoms with Gasteiger partial charge in [-0.3, -0.25) is 4.79 Å². The molecule has 1 heterocycles. The maximum absolute atomic E-state index is 13.0. The van der Waals surface area contributed by atoms with Crippen molar-refractivity contribution < 1.29 is 39.8 Å². The summed E-state index contributed by atoms with van der Waals surface area (Å²) in [6.07, 6.45) is 58.5. The summed E-state index contributed by atoms with van der Waals surface area (Å²) in [5, 5.41) is 54.1. The van der Waals surface area contributed by atoms with Crippen molar-refractivity contribution in [1.29, 1.82) is 0 Å². The van der Waals surface area contributed by atoms with Crippen molar-refractivity contribution in [3.8, 4) is 0 Å². The van der Waals surface area contributed by atoms with Gasteiger partial charge in [0.15, 0.2) is 6.29 Å². The molecule has 1 aliphatic heterocycles. The summed E-state index contributed by atoms with van der Waals surface area (Å²) in [5.41, 5.74) is 0. The highest BCUT2D eigenvalue weighted by molar-refractivity contribution is 5.76. The van der Waals surface area contributed by atoms with E-state index < -0.39 is 49.5 Å². The molecule has 1 saturated heterocycles. The second kappa shape index (κ2) is 50.0. The minimum absolute atomic E-state index is 0.186. The Morgan fingerprint density at radius 1 is 0.478 bits per heavy atom. The molecule has 1 rings (SSSR count). The van der Waals surface area contributed by atoms with Crippen LogP contribution in [-0.2, 0) is 14.3 Å². The first-order valence-electron chi connectivity index (χ1n) is 29.7. The molecule has 0 aromatic heterocycles. The minimum atomic E-state index is -1.57. The Labute approximate surface area is 425 Å².